The number of para-hydroxylation sites is 1. The van der Waals surface area contributed by atoms with E-state index in [1.54, 1.807) is 29.2 Å². The van der Waals surface area contributed by atoms with Crippen LogP contribution in [0.25, 0.3) is 10.9 Å². The van der Waals surface area contributed by atoms with Gasteiger partial charge in [-0.3, -0.25) is 19.1 Å². The third kappa shape index (κ3) is 4.67. The van der Waals surface area contributed by atoms with Crippen LogP contribution in [0.2, 0.25) is 0 Å². The highest BCUT2D eigenvalue weighted by atomic mass is 16.5. The van der Waals surface area contributed by atoms with Crippen LogP contribution in [0.3, 0.4) is 0 Å². The third-order valence-corrected chi connectivity index (χ3v) is 5.98. The second-order valence-corrected chi connectivity index (χ2v) is 8.29. The van der Waals surface area contributed by atoms with Crippen molar-refractivity contribution in [2.75, 3.05) is 26.2 Å². The van der Waals surface area contributed by atoms with E-state index in [4.69, 9.17) is 4.52 Å². The minimum atomic E-state index is -0.585. The Morgan fingerprint density at radius 3 is 2.50 bits per heavy atom. The molecular formula is C24H24N6O4. The molecule has 0 unspecified atom stereocenters. The zero-order chi connectivity index (χ0) is 23.5. The average molecular weight is 460 g/mol. The molecular weight excluding hydrogens is 436 g/mol. The van der Waals surface area contributed by atoms with Crippen molar-refractivity contribution in [1.29, 1.82) is 0 Å². The fourth-order valence-electron chi connectivity index (χ4n) is 4.13. The van der Waals surface area contributed by atoms with Crippen LogP contribution in [0.1, 0.15) is 17.3 Å². The Morgan fingerprint density at radius 1 is 0.971 bits per heavy atom. The second-order valence-electron chi connectivity index (χ2n) is 8.29. The van der Waals surface area contributed by atoms with Crippen LogP contribution in [0.4, 0.5) is 0 Å². The van der Waals surface area contributed by atoms with Gasteiger partial charge in [0.15, 0.2) is 5.82 Å². The molecule has 0 bridgehead atoms. The Balaban J connectivity index is 1.17. The van der Waals surface area contributed by atoms with E-state index in [1.165, 1.54) is 0 Å². The SMILES string of the molecule is O=C(Cn1c(=O)[nH]c2ccccc2c1=O)N1CCN(Cc2nc(Cc3ccccc3)no2)CC1. The largest absolute Gasteiger partial charge is 0.339 e. The van der Waals surface area contributed by atoms with Crippen LogP contribution >= 0.6 is 0 Å². The van der Waals surface area contributed by atoms with Crippen LogP contribution in [0.15, 0.2) is 68.7 Å². The number of carbonyl (C=O) groups is 1. The van der Waals surface area contributed by atoms with Gasteiger partial charge in [-0.2, -0.15) is 4.98 Å². The van der Waals surface area contributed by atoms with E-state index in [2.05, 4.69) is 20.0 Å². The lowest BCUT2D eigenvalue weighted by atomic mass is 10.1. The summed E-state index contributed by atoms with van der Waals surface area (Å²) in [6.45, 7) is 2.46. The Kier molecular flexibility index (Phi) is 6.05. The average Bonchev–Trinajstić information content (AvgIpc) is 3.29. The maximum Gasteiger partial charge on any atom is 0.329 e. The highest BCUT2D eigenvalue weighted by Crippen LogP contribution is 2.11. The van der Waals surface area contributed by atoms with Gasteiger partial charge in [0.05, 0.1) is 17.4 Å². The van der Waals surface area contributed by atoms with Gasteiger partial charge in [0.1, 0.15) is 6.54 Å². The highest BCUT2D eigenvalue weighted by molar-refractivity contribution is 5.79. The van der Waals surface area contributed by atoms with E-state index in [9.17, 15) is 14.4 Å². The summed E-state index contributed by atoms with van der Waals surface area (Å²) in [7, 11) is 0. The van der Waals surface area contributed by atoms with Gasteiger partial charge in [0.25, 0.3) is 5.56 Å². The number of H-pyrrole nitrogens is 1. The molecule has 10 nitrogen and oxygen atoms in total. The van der Waals surface area contributed by atoms with Gasteiger partial charge in [0.2, 0.25) is 11.8 Å². The zero-order valence-corrected chi connectivity index (χ0v) is 18.5. The number of hydrogen-bond acceptors (Lipinski definition) is 7. The van der Waals surface area contributed by atoms with Gasteiger partial charge < -0.3 is 14.4 Å². The standard InChI is InChI=1S/C24H24N6O4/c31-22(16-30-23(32)18-8-4-5-9-19(18)25-24(30)33)29-12-10-28(11-13-29)15-21-26-20(27-34-21)14-17-6-2-1-3-7-17/h1-9H,10-16H2,(H,25,33). The maximum absolute atomic E-state index is 12.8. The van der Waals surface area contributed by atoms with Crippen molar-refractivity contribution in [2.24, 2.45) is 0 Å². The van der Waals surface area contributed by atoms with Crippen molar-refractivity contribution in [3.05, 3.63) is 92.7 Å². The molecule has 0 atom stereocenters. The molecule has 174 valence electrons. The molecule has 0 saturated carbocycles. The molecule has 1 amide bonds. The molecule has 3 heterocycles. The van der Waals surface area contributed by atoms with Gasteiger partial charge in [-0.15, -0.1) is 0 Å². The number of hydrogen-bond donors (Lipinski definition) is 1. The molecule has 0 radical (unpaired) electrons. The van der Waals surface area contributed by atoms with Crippen LogP contribution in [0.5, 0.6) is 0 Å². The smallest absolute Gasteiger partial charge is 0.329 e. The first kappa shape index (κ1) is 21.8. The van der Waals surface area contributed by atoms with Gasteiger partial charge >= 0.3 is 5.69 Å². The summed E-state index contributed by atoms with van der Waals surface area (Å²) in [6.07, 6.45) is 0.611. The lowest BCUT2D eigenvalue weighted by Gasteiger charge is -2.34. The second kappa shape index (κ2) is 9.44. The van der Waals surface area contributed by atoms with Gasteiger partial charge in [-0.05, 0) is 17.7 Å². The predicted octanol–water partition coefficient (Wildman–Crippen LogP) is 1.01. The number of aromatic nitrogens is 4. The van der Waals surface area contributed by atoms with Gasteiger partial charge in [-0.25, -0.2) is 4.79 Å². The van der Waals surface area contributed by atoms with E-state index in [0.717, 1.165) is 10.1 Å². The molecule has 1 aliphatic heterocycles. The lowest BCUT2D eigenvalue weighted by molar-refractivity contribution is -0.133. The number of amides is 1. The molecule has 2 aromatic heterocycles. The molecule has 0 spiro atoms. The highest BCUT2D eigenvalue weighted by Gasteiger charge is 2.24. The molecule has 1 N–H and O–H groups in total. The molecule has 1 saturated heterocycles. The number of nitrogens with one attached hydrogen (secondary N) is 1. The van der Waals surface area contributed by atoms with Crippen LogP contribution in [0, 0.1) is 0 Å². The predicted molar refractivity (Wildman–Crippen MR) is 124 cm³/mol. The van der Waals surface area contributed by atoms with E-state index in [0.29, 0.717) is 61.8 Å². The first-order valence-electron chi connectivity index (χ1n) is 11.1. The van der Waals surface area contributed by atoms with Gasteiger partial charge in [-0.1, -0.05) is 47.6 Å². The normalized spacial score (nSPS) is 14.5. The van der Waals surface area contributed by atoms with Crippen molar-refractivity contribution in [1.82, 2.24) is 29.5 Å². The van der Waals surface area contributed by atoms with Crippen molar-refractivity contribution in [3.63, 3.8) is 0 Å². The van der Waals surface area contributed by atoms with Crippen molar-refractivity contribution >= 4 is 16.8 Å². The van der Waals surface area contributed by atoms with Crippen molar-refractivity contribution in [2.45, 2.75) is 19.5 Å². The minimum Gasteiger partial charge on any atom is -0.339 e. The Labute approximate surface area is 194 Å². The molecule has 2 aromatic carbocycles. The van der Waals surface area contributed by atoms with Gasteiger partial charge in [0, 0.05) is 32.6 Å². The first-order chi connectivity index (χ1) is 16.6. The Hall–Kier alpha value is -4.05. The first-order valence-corrected chi connectivity index (χ1v) is 11.1. The Morgan fingerprint density at radius 2 is 1.71 bits per heavy atom. The maximum atomic E-state index is 12.8. The van der Waals surface area contributed by atoms with E-state index in [-0.39, 0.29) is 12.5 Å². The fourth-order valence-corrected chi connectivity index (χ4v) is 4.13. The topological polar surface area (TPSA) is 117 Å². The number of rotatable bonds is 6. The number of carbonyl (C=O) groups excluding carboxylic acids is 1. The summed E-state index contributed by atoms with van der Waals surface area (Å²) in [5.41, 5.74) is 0.529. The molecule has 10 heteroatoms. The molecule has 4 aromatic rings. The summed E-state index contributed by atoms with van der Waals surface area (Å²) < 4.78 is 6.36. The molecule has 0 aliphatic carbocycles. The van der Waals surface area contributed by atoms with E-state index >= 15 is 0 Å². The van der Waals surface area contributed by atoms with Crippen LogP contribution in [-0.4, -0.2) is 61.6 Å². The van der Waals surface area contributed by atoms with E-state index in [1.807, 2.05) is 30.3 Å². The van der Waals surface area contributed by atoms with Crippen molar-refractivity contribution < 1.29 is 9.32 Å². The summed E-state index contributed by atoms with van der Waals surface area (Å²) in [6, 6.07) is 16.7. The lowest BCUT2D eigenvalue weighted by Crippen LogP contribution is -2.50. The monoisotopic (exact) mass is 460 g/mol. The number of fused-ring (bicyclic) bond motifs is 1. The molecule has 1 aliphatic rings. The summed E-state index contributed by atoms with van der Waals surface area (Å²) in [5, 5.41) is 4.44. The van der Waals surface area contributed by atoms with Crippen LogP contribution < -0.4 is 11.2 Å². The third-order valence-electron chi connectivity index (χ3n) is 5.98. The minimum absolute atomic E-state index is 0.259. The fraction of sp³-hybridized carbons (Fsp3) is 0.292. The summed E-state index contributed by atoms with van der Waals surface area (Å²) >= 11 is 0. The quantitative estimate of drug-likeness (QED) is 0.456. The Bertz CT molecular complexity index is 1420. The molecule has 34 heavy (non-hydrogen) atoms. The molecule has 1 fully saturated rings. The molecule has 5 rings (SSSR count). The summed E-state index contributed by atoms with van der Waals surface area (Å²) in [5.74, 6) is 0.923. The van der Waals surface area contributed by atoms with Crippen LogP contribution in [-0.2, 0) is 24.3 Å². The number of aromatic amines is 1. The summed E-state index contributed by atoms with van der Waals surface area (Å²) in [4.78, 5) is 48.8. The number of benzene rings is 2. The number of piperazine rings is 1. The zero-order valence-electron chi connectivity index (χ0n) is 18.5. The number of nitrogens with zero attached hydrogens (tertiary/aromatic N) is 5. The van der Waals surface area contributed by atoms with E-state index < -0.39 is 11.2 Å². The van der Waals surface area contributed by atoms with Crippen molar-refractivity contribution in [3.8, 4) is 0 Å².